The summed E-state index contributed by atoms with van der Waals surface area (Å²) in [5.41, 5.74) is 0.963. The first-order valence-corrected chi connectivity index (χ1v) is 2.98. The van der Waals surface area contributed by atoms with Crippen LogP contribution in [0.1, 0.15) is 15.2 Å². The minimum absolute atomic E-state index is 0.727. The van der Waals surface area contributed by atoms with Crippen LogP contribution in [0.2, 0.25) is 0 Å². The Labute approximate surface area is 51.3 Å². The quantitative estimate of drug-likeness (QED) is 0.531. The summed E-state index contributed by atoms with van der Waals surface area (Å²) in [5, 5.41) is 0. The van der Waals surface area contributed by atoms with Crippen molar-refractivity contribution in [3.63, 3.8) is 0 Å². The van der Waals surface area contributed by atoms with Crippen LogP contribution < -0.4 is 0 Å². The topological polar surface area (TPSA) is 30.0 Å². The first-order valence-electron chi connectivity index (χ1n) is 2.21. The van der Waals surface area contributed by atoms with E-state index in [0.29, 0.717) is 0 Å². The van der Waals surface area contributed by atoms with Gasteiger partial charge in [0, 0.05) is 6.20 Å². The summed E-state index contributed by atoms with van der Waals surface area (Å²) in [6.45, 7) is 1.87. The Morgan fingerprint density at radius 2 is 2.62 bits per heavy atom. The number of nitrogens with zero attached hydrogens (tertiary/aromatic N) is 1. The number of aryl methyl sites for hydroxylation is 1. The highest BCUT2D eigenvalue weighted by Gasteiger charge is 1.95. The molecule has 0 aromatic carbocycles. The van der Waals surface area contributed by atoms with Gasteiger partial charge in [-0.05, 0) is 24.0 Å². The van der Waals surface area contributed by atoms with E-state index in [1.807, 2.05) is 6.92 Å². The van der Waals surface area contributed by atoms with Crippen LogP contribution in [-0.4, -0.2) is 10.7 Å². The molecule has 2 nitrogen and oxygen atoms in total. The molecule has 0 unspecified atom stereocenters. The van der Waals surface area contributed by atoms with E-state index in [9.17, 15) is 4.79 Å². The molecule has 0 bridgehead atoms. The molecule has 0 atom stereocenters. The maximum absolute atomic E-state index is 10.1. The fourth-order valence-corrected chi connectivity index (χ4v) is 0.976. The van der Waals surface area contributed by atoms with E-state index in [2.05, 4.69) is 4.37 Å². The van der Waals surface area contributed by atoms with E-state index in [1.54, 1.807) is 6.20 Å². The molecule has 0 aliphatic heterocycles. The fraction of sp³-hybridized carbons (Fsp3) is 0.200. The van der Waals surface area contributed by atoms with E-state index in [4.69, 9.17) is 0 Å². The number of rotatable bonds is 1. The second kappa shape index (κ2) is 2.05. The summed E-state index contributed by atoms with van der Waals surface area (Å²) in [6, 6.07) is 0. The number of carbonyl (C=O) groups is 1. The van der Waals surface area contributed by atoms with Crippen molar-refractivity contribution < 1.29 is 4.79 Å². The van der Waals surface area contributed by atoms with Crippen molar-refractivity contribution >= 4 is 17.8 Å². The van der Waals surface area contributed by atoms with Gasteiger partial charge in [0.1, 0.15) is 0 Å². The zero-order chi connectivity index (χ0) is 5.98. The van der Waals surface area contributed by atoms with Gasteiger partial charge in [0.2, 0.25) is 0 Å². The molecule has 0 saturated heterocycles. The normalized spacial score (nSPS) is 9.12. The first-order chi connectivity index (χ1) is 3.84. The molecule has 0 fully saturated rings. The van der Waals surface area contributed by atoms with Crippen molar-refractivity contribution in [3.8, 4) is 0 Å². The molecule has 0 saturated carbocycles. The SMILES string of the molecule is Cc1cnsc1C=O. The molecule has 1 rings (SSSR count). The van der Waals surface area contributed by atoms with Crippen LogP contribution in [0.4, 0.5) is 0 Å². The molecule has 0 aliphatic carbocycles. The second-order valence-corrected chi connectivity index (χ2v) is 2.32. The lowest BCUT2D eigenvalue weighted by Crippen LogP contribution is -1.72. The lowest BCUT2D eigenvalue weighted by Gasteiger charge is -1.76. The van der Waals surface area contributed by atoms with Crippen molar-refractivity contribution in [1.82, 2.24) is 4.37 Å². The summed E-state index contributed by atoms with van der Waals surface area (Å²) in [7, 11) is 0. The Bertz CT molecular complexity index is 194. The van der Waals surface area contributed by atoms with Crippen molar-refractivity contribution in [1.29, 1.82) is 0 Å². The van der Waals surface area contributed by atoms with Crippen LogP contribution in [-0.2, 0) is 0 Å². The summed E-state index contributed by atoms with van der Waals surface area (Å²) in [4.78, 5) is 10.8. The zero-order valence-electron chi connectivity index (χ0n) is 4.42. The van der Waals surface area contributed by atoms with Gasteiger partial charge in [-0.1, -0.05) is 0 Å². The van der Waals surface area contributed by atoms with Crippen LogP contribution in [0.3, 0.4) is 0 Å². The first kappa shape index (κ1) is 5.44. The van der Waals surface area contributed by atoms with E-state index >= 15 is 0 Å². The summed E-state index contributed by atoms with van der Waals surface area (Å²) < 4.78 is 3.80. The molecule has 1 aromatic rings. The number of aldehydes is 1. The van der Waals surface area contributed by atoms with Crippen molar-refractivity contribution in [2.75, 3.05) is 0 Å². The van der Waals surface area contributed by atoms with Gasteiger partial charge in [0.25, 0.3) is 0 Å². The van der Waals surface area contributed by atoms with Gasteiger partial charge in [-0.25, -0.2) is 4.37 Å². The third kappa shape index (κ3) is 0.767. The molecule has 42 valence electrons. The highest BCUT2D eigenvalue weighted by Crippen LogP contribution is 2.07. The van der Waals surface area contributed by atoms with E-state index in [-0.39, 0.29) is 0 Å². The van der Waals surface area contributed by atoms with Crippen LogP contribution in [0, 0.1) is 6.92 Å². The molecule has 1 aromatic heterocycles. The fourth-order valence-electron chi connectivity index (χ4n) is 0.412. The highest BCUT2D eigenvalue weighted by molar-refractivity contribution is 7.07. The van der Waals surface area contributed by atoms with Gasteiger partial charge in [0.05, 0.1) is 4.88 Å². The maximum Gasteiger partial charge on any atom is 0.161 e. The van der Waals surface area contributed by atoms with Crippen molar-refractivity contribution in [3.05, 3.63) is 16.6 Å². The predicted octanol–water partition coefficient (Wildman–Crippen LogP) is 1.26. The molecule has 0 spiro atoms. The Kier molecular flexibility index (Phi) is 1.39. The Balaban J connectivity index is 3.09. The third-order valence-electron chi connectivity index (χ3n) is 0.893. The second-order valence-electron chi connectivity index (χ2n) is 1.49. The Morgan fingerprint density at radius 1 is 1.88 bits per heavy atom. The van der Waals surface area contributed by atoms with Crippen LogP contribution in [0.25, 0.3) is 0 Å². The monoisotopic (exact) mass is 127 g/mol. The molecule has 0 N–H and O–H groups in total. The summed E-state index contributed by atoms with van der Waals surface area (Å²) in [5.74, 6) is 0. The maximum atomic E-state index is 10.1. The van der Waals surface area contributed by atoms with E-state index < -0.39 is 0 Å². The Hall–Kier alpha value is -0.700. The standard InChI is InChI=1S/C5H5NOS/c1-4-2-6-8-5(4)3-7/h2-3H,1H3. The van der Waals surface area contributed by atoms with Crippen LogP contribution in [0.5, 0.6) is 0 Å². The average molecular weight is 127 g/mol. The van der Waals surface area contributed by atoms with E-state index in [1.165, 1.54) is 11.5 Å². The Morgan fingerprint density at radius 3 is 2.88 bits per heavy atom. The van der Waals surface area contributed by atoms with Gasteiger partial charge < -0.3 is 0 Å². The molecule has 8 heavy (non-hydrogen) atoms. The predicted molar refractivity (Wildman–Crippen MR) is 32.2 cm³/mol. The number of hydrogen-bond donors (Lipinski definition) is 0. The molecule has 0 aliphatic rings. The van der Waals surface area contributed by atoms with Crippen LogP contribution in [0.15, 0.2) is 6.20 Å². The molecular weight excluding hydrogens is 122 g/mol. The minimum Gasteiger partial charge on any atom is -0.297 e. The number of aromatic nitrogens is 1. The smallest absolute Gasteiger partial charge is 0.161 e. The van der Waals surface area contributed by atoms with Gasteiger partial charge in [-0.3, -0.25) is 4.79 Å². The zero-order valence-corrected chi connectivity index (χ0v) is 5.23. The van der Waals surface area contributed by atoms with Gasteiger partial charge >= 0.3 is 0 Å². The lowest BCUT2D eigenvalue weighted by atomic mass is 10.3. The minimum atomic E-state index is 0.727. The van der Waals surface area contributed by atoms with Gasteiger partial charge in [-0.15, -0.1) is 0 Å². The number of carbonyl (C=O) groups excluding carboxylic acids is 1. The highest BCUT2D eigenvalue weighted by atomic mass is 32.1. The van der Waals surface area contributed by atoms with E-state index in [0.717, 1.165) is 16.7 Å². The van der Waals surface area contributed by atoms with Crippen molar-refractivity contribution in [2.45, 2.75) is 6.92 Å². The summed E-state index contributed by atoms with van der Waals surface area (Å²) in [6.07, 6.45) is 2.52. The largest absolute Gasteiger partial charge is 0.297 e. The molecular formula is C5H5NOS. The third-order valence-corrected chi connectivity index (χ3v) is 1.72. The molecule has 0 radical (unpaired) electrons. The lowest BCUT2D eigenvalue weighted by molar-refractivity contribution is 0.112. The molecule has 0 amide bonds. The average Bonchev–Trinajstić information content (AvgIpc) is 2.14. The van der Waals surface area contributed by atoms with Crippen LogP contribution >= 0.6 is 11.5 Å². The van der Waals surface area contributed by atoms with Gasteiger partial charge in [0.15, 0.2) is 6.29 Å². The molecule has 3 heteroatoms. The molecule has 1 heterocycles. The van der Waals surface area contributed by atoms with Gasteiger partial charge in [-0.2, -0.15) is 0 Å². The summed E-state index contributed by atoms with van der Waals surface area (Å²) >= 11 is 1.23. The van der Waals surface area contributed by atoms with Crippen molar-refractivity contribution in [2.24, 2.45) is 0 Å². The number of hydrogen-bond acceptors (Lipinski definition) is 3.